The summed E-state index contributed by atoms with van der Waals surface area (Å²) < 4.78 is 5.39. The average Bonchev–Trinajstić information content (AvgIpc) is 2.53. The zero-order chi connectivity index (χ0) is 8.39. The molecule has 0 amide bonds. The lowest BCUT2D eigenvalue weighted by atomic mass is 9.98. The number of rotatable bonds is 2. The van der Waals surface area contributed by atoms with Crippen LogP contribution in [0.2, 0.25) is 0 Å². The Hall–Kier alpha value is -0.760. The van der Waals surface area contributed by atoms with Gasteiger partial charge in [-0.15, -0.1) is 0 Å². The van der Waals surface area contributed by atoms with Gasteiger partial charge >= 0.3 is 0 Å². The van der Waals surface area contributed by atoms with Gasteiger partial charge in [0.1, 0.15) is 5.76 Å². The third-order valence-electron chi connectivity index (χ3n) is 2.48. The maximum Gasteiger partial charge on any atom is 0.109 e. The number of hydrogen-bond acceptors (Lipinski definition) is 2. The van der Waals surface area contributed by atoms with Gasteiger partial charge in [-0.3, -0.25) is 0 Å². The summed E-state index contributed by atoms with van der Waals surface area (Å²) >= 11 is 0. The largest absolute Gasteiger partial charge is 0.469 e. The van der Waals surface area contributed by atoms with Gasteiger partial charge in [-0.1, -0.05) is 13.3 Å². The first-order valence-electron chi connectivity index (χ1n) is 4.71. The molecule has 0 bridgehead atoms. The lowest BCUT2D eigenvalue weighted by Gasteiger charge is -2.22. The van der Waals surface area contributed by atoms with Gasteiger partial charge in [0, 0.05) is 24.6 Å². The van der Waals surface area contributed by atoms with E-state index in [1.54, 1.807) is 6.26 Å². The molecule has 0 aliphatic carbocycles. The minimum absolute atomic E-state index is 0.539. The van der Waals surface area contributed by atoms with Gasteiger partial charge in [-0.2, -0.15) is 0 Å². The molecule has 0 saturated carbocycles. The Kier molecular flexibility index (Phi) is 2.17. The highest BCUT2D eigenvalue weighted by molar-refractivity contribution is 5.24. The molecule has 1 aromatic heterocycles. The van der Waals surface area contributed by atoms with E-state index < -0.39 is 0 Å². The van der Waals surface area contributed by atoms with Crippen molar-refractivity contribution in [3.63, 3.8) is 0 Å². The number of nitrogens with one attached hydrogen (secondary N) is 1. The van der Waals surface area contributed by atoms with Crippen LogP contribution in [0.3, 0.4) is 0 Å². The summed E-state index contributed by atoms with van der Waals surface area (Å²) in [5.74, 6) is 1.19. The van der Waals surface area contributed by atoms with E-state index in [4.69, 9.17) is 4.42 Å². The van der Waals surface area contributed by atoms with E-state index in [1.165, 1.54) is 24.2 Å². The minimum atomic E-state index is 0.539. The zero-order valence-corrected chi connectivity index (χ0v) is 7.47. The predicted octanol–water partition coefficient (Wildman–Crippen LogP) is 2.27. The topological polar surface area (TPSA) is 25.2 Å². The number of hydrogen-bond donors (Lipinski definition) is 1. The standard InChI is InChI=1S/C10H15NO/c1-2-3-9-8-5-7-12-10(8)4-6-11-9/h5,7,9,11H,2-4,6H2,1H3. The maximum atomic E-state index is 5.39. The first-order valence-corrected chi connectivity index (χ1v) is 4.71. The fourth-order valence-corrected chi connectivity index (χ4v) is 1.88. The van der Waals surface area contributed by atoms with Crippen molar-refractivity contribution in [2.24, 2.45) is 0 Å². The van der Waals surface area contributed by atoms with Crippen LogP contribution in [0.1, 0.15) is 37.1 Å². The van der Waals surface area contributed by atoms with Crippen molar-refractivity contribution >= 4 is 0 Å². The van der Waals surface area contributed by atoms with E-state index in [-0.39, 0.29) is 0 Å². The molecule has 0 fully saturated rings. The monoisotopic (exact) mass is 165 g/mol. The van der Waals surface area contributed by atoms with E-state index in [0.717, 1.165) is 13.0 Å². The van der Waals surface area contributed by atoms with E-state index in [1.807, 2.05) is 0 Å². The SMILES string of the molecule is CCCC1NCCc2occc21. The summed E-state index contributed by atoms with van der Waals surface area (Å²) in [4.78, 5) is 0. The minimum Gasteiger partial charge on any atom is -0.469 e. The van der Waals surface area contributed by atoms with Crippen LogP contribution in [0.25, 0.3) is 0 Å². The second-order valence-electron chi connectivity index (χ2n) is 3.34. The summed E-state index contributed by atoms with van der Waals surface area (Å²) in [5.41, 5.74) is 1.38. The summed E-state index contributed by atoms with van der Waals surface area (Å²) in [6.07, 6.45) is 5.29. The summed E-state index contributed by atoms with van der Waals surface area (Å²) in [5, 5.41) is 3.50. The highest BCUT2D eigenvalue weighted by Gasteiger charge is 2.20. The first kappa shape index (κ1) is 7.87. The van der Waals surface area contributed by atoms with E-state index in [0.29, 0.717) is 6.04 Å². The molecule has 2 rings (SSSR count). The Morgan fingerprint density at radius 1 is 1.67 bits per heavy atom. The van der Waals surface area contributed by atoms with Crippen LogP contribution in [0.4, 0.5) is 0 Å². The molecule has 0 radical (unpaired) electrons. The second kappa shape index (κ2) is 3.31. The van der Waals surface area contributed by atoms with Crippen molar-refractivity contribution in [3.05, 3.63) is 23.7 Å². The lowest BCUT2D eigenvalue weighted by molar-refractivity contribution is 0.417. The molecule has 1 atom stereocenters. The van der Waals surface area contributed by atoms with E-state index in [9.17, 15) is 0 Å². The van der Waals surface area contributed by atoms with Crippen LogP contribution in [0.5, 0.6) is 0 Å². The normalized spacial score (nSPS) is 22.2. The molecule has 1 aliphatic heterocycles. The molecule has 1 unspecified atom stereocenters. The summed E-state index contributed by atoms with van der Waals surface area (Å²) in [7, 11) is 0. The van der Waals surface area contributed by atoms with Crippen LogP contribution in [0.15, 0.2) is 16.7 Å². The highest BCUT2D eigenvalue weighted by atomic mass is 16.3. The smallest absolute Gasteiger partial charge is 0.109 e. The average molecular weight is 165 g/mol. The predicted molar refractivity (Wildman–Crippen MR) is 48.1 cm³/mol. The zero-order valence-electron chi connectivity index (χ0n) is 7.47. The molecule has 0 spiro atoms. The van der Waals surface area contributed by atoms with Crippen LogP contribution in [-0.2, 0) is 6.42 Å². The van der Waals surface area contributed by atoms with Gasteiger partial charge < -0.3 is 9.73 Å². The number of fused-ring (bicyclic) bond motifs is 1. The van der Waals surface area contributed by atoms with Gasteiger partial charge in [-0.25, -0.2) is 0 Å². The van der Waals surface area contributed by atoms with E-state index in [2.05, 4.69) is 18.3 Å². The van der Waals surface area contributed by atoms with Crippen LogP contribution >= 0.6 is 0 Å². The third kappa shape index (κ3) is 1.27. The molecule has 1 aromatic rings. The Bertz CT molecular complexity index is 254. The Morgan fingerprint density at radius 2 is 2.58 bits per heavy atom. The van der Waals surface area contributed by atoms with Gasteiger partial charge in [0.05, 0.1) is 6.26 Å². The van der Waals surface area contributed by atoms with Crippen molar-refractivity contribution in [3.8, 4) is 0 Å². The summed E-state index contributed by atoms with van der Waals surface area (Å²) in [6, 6.07) is 2.64. The van der Waals surface area contributed by atoms with Crippen LogP contribution < -0.4 is 5.32 Å². The molecule has 1 aliphatic rings. The Labute approximate surface area is 73.0 Å². The Morgan fingerprint density at radius 3 is 3.42 bits per heavy atom. The van der Waals surface area contributed by atoms with Crippen molar-refractivity contribution in [1.82, 2.24) is 5.32 Å². The maximum absolute atomic E-state index is 5.39. The number of furan rings is 1. The van der Waals surface area contributed by atoms with Crippen molar-refractivity contribution < 1.29 is 4.42 Å². The van der Waals surface area contributed by atoms with Gasteiger partial charge in [0.15, 0.2) is 0 Å². The van der Waals surface area contributed by atoms with Crippen molar-refractivity contribution in [2.75, 3.05) is 6.54 Å². The highest BCUT2D eigenvalue weighted by Crippen LogP contribution is 2.26. The molecule has 0 saturated heterocycles. The van der Waals surface area contributed by atoms with Gasteiger partial charge in [0.25, 0.3) is 0 Å². The molecular formula is C10H15NO. The fourth-order valence-electron chi connectivity index (χ4n) is 1.88. The molecular weight excluding hydrogens is 150 g/mol. The quantitative estimate of drug-likeness (QED) is 0.727. The molecule has 1 N–H and O–H groups in total. The molecule has 2 heteroatoms. The van der Waals surface area contributed by atoms with E-state index >= 15 is 0 Å². The second-order valence-corrected chi connectivity index (χ2v) is 3.34. The lowest BCUT2D eigenvalue weighted by Crippen LogP contribution is -2.28. The molecule has 66 valence electrons. The van der Waals surface area contributed by atoms with Gasteiger partial charge in [0.2, 0.25) is 0 Å². The first-order chi connectivity index (χ1) is 5.92. The molecule has 12 heavy (non-hydrogen) atoms. The molecule has 0 aromatic carbocycles. The Balaban J connectivity index is 2.19. The molecule has 2 nitrogen and oxygen atoms in total. The van der Waals surface area contributed by atoms with Crippen molar-refractivity contribution in [1.29, 1.82) is 0 Å². The van der Waals surface area contributed by atoms with Crippen LogP contribution in [0, 0.1) is 0 Å². The third-order valence-corrected chi connectivity index (χ3v) is 2.48. The molecule has 2 heterocycles. The van der Waals surface area contributed by atoms with Crippen LogP contribution in [-0.4, -0.2) is 6.54 Å². The van der Waals surface area contributed by atoms with Gasteiger partial charge in [-0.05, 0) is 12.5 Å². The fraction of sp³-hybridized carbons (Fsp3) is 0.600. The van der Waals surface area contributed by atoms with Crippen molar-refractivity contribution in [2.45, 2.75) is 32.2 Å². The summed E-state index contributed by atoms with van der Waals surface area (Å²) in [6.45, 7) is 3.28.